The summed E-state index contributed by atoms with van der Waals surface area (Å²) >= 11 is 0. The topological polar surface area (TPSA) is 50.4 Å². The average Bonchev–Trinajstić information content (AvgIpc) is 3.37. The van der Waals surface area contributed by atoms with Crippen molar-refractivity contribution in [2.45, 2.75) is 0 Å². The van der Waals surface area contributed by atoms with Gasteiger partial charge in [0.05, 0.1) is 16.7 Å². The van der Waals surface area contributed by atoms with E-state index in [1.165, 1.54) is 0 Å². The molecule has 0 bridgehead atoms. The van der Waals surface area contributed by atoms with Gasteiger partial charge < -0.3 is 0 Å². The number of hydrogen-bond acceptors (Lipinski definition) is 3. The molecule has 3 heterocycles. The summed E-state index contributed by atoms with van der Waals surface area (Å²) in [6.07, 6.45) is 2.03. The number of pyridine rings is 2. The first-order valence-corrected chi connectivity index (χ1v) is 14.0. The van der Waals surface area contributed by atoms with Gasteiger partial charge in [-0.25, -0.2) is 14.9 Å². The zero-order valence-electron chi connectivity index (χ0n) is 19.9. The fraction of sp³-hybridized carbons (Fsp3) is 0. The molecule has 4 nitrogen and oxygen atoms in total. The maximum absolute atomic E-state index is 12.5. The molecule has 5 heteroatoms. The van der Waals surface area contributed by atoms with E-state index in [-0.39, 0.29) is 0 Å². The molecule has 0 saturated carbocycles. The molecule has 0 aliphatic rings. The molecule has 0 unspecified atom stereocenters. The molecule has 4 aromatic carbocycles. The SMILES string of the molecule is O[P+](c1ccccc1)(c1ccccc1)c1cccc(-c2nc3ccccc3c3nc4ccccn4c23)c1. The first kappa shape index (κ1) is 21.9. The molecule has 0 saturated heterocycles. The van der Waals surface area contributed by atoms with Crippen LogP contribution < -0.4 is 15.9 Å². The van der Waals surface area contributed by atoms with Crippen LogP contribution in [0, 0.1) is 0 Å². The molecule has 0 fully saturated rings. The first-order chi connectivity index (χ1) is 18.2. The molecule has 176 valence electrons. The minimum absolute atomic E-state index is 0.849. The lowest BCUT2D eigenvalue weighted by Crippen LogP contribution is -2.30. The van der Waals surface area contributed by atoms with E-state index in [1.54, 1.807) is 0 Å². The summed E-state index contributed by atoms with van der Waals surface area (Å²) in [4.78, 5) is 22.6. The Morgan fingerprint density at radius 2 is 1.24 bits per heavy atom. The second-order valence-electron chi connectivity index (χ2n) is 9.07. The van der Waals surface area contributed by atoms with E-state index in [0.717, 1.165) is 54.8 Å². The lowest BCUT2D eigenvalue weighted by atomic mass is 10.1. The Balaban J connectivity index is 1.53. The normalized spacial score (nSPS) is 11.9. The van der Waals surface area contributed by atoms with Crippen LogP contribution in [0.3, 0.4) is 0 Å². The van der Waals surface area contributed by atoms with Gasteiger partial charge in [-0.05, 0) is 54.6 Å². The summed E-state index contributed by atoms with van der Waals surface area (Å²) in [5.41, 5.74) is 5.47. The molecule has 1 N–H and O–H groups in total. The van der Waals surface area contributed by atoms with Crippen LogP contribution in [0.25, 0.3) is 38.8 Å². The highest BCUT2D eigenvalue weighted by molar-refractivity contribution is 7.91. The van der Waals surface area contributed by atoms with E-state index in [4.69, 9.17) is 9.97 Å². The van der Waals surface area contributed by atoms with Crippen LogP contribution in [-0.4, -0.2) is 19.3 Å². The fourth-order valence-electron chi connectivity index (χ4n) is 5.15. The van der Waals surface area contributed by atoms with Gasteiger partial charge in [-0.3, -0.25) is 4.40 Å². The molecule has 0 radical (unpaired) electrons. The Morgan fingerprint density at radius 3 is 2.00 bits per heavy atom. The Kier molecular flexibility index (Phi) is 5.10. The third-order valence-corrected chi connectivity index (χ3v) is 10.0. The third kappa shape index (κ3) is 3.46. The number of nitrogens with zero attached hydrogens (tertiary/aromatic N) is 3. The largest absolute Gasteiger partial charge is 0.298 e. The molecule has 37 heavy (non-hydrogen) atoms. The molecule has 7 aromatic rings. The van der Waals surface area contributed by atoms with E-state index in [2.05, 4.69) is 22.6 Å². The van der Waals surface area contributed by atoms with Gasteiger partial charge in [0.25, 0.3) is 0 Å². The van der Waals surface area contributed by atoms with Crippen LogP contribution >= 0.6 is 7.49 Å². The molecule has 0 spiro atoms. The van der Waals surface area contributed by atoms with Crippen molar-refractivity contribution in [2.75, 3.05) is 0 Å². The Hall–Kier alpha value is -4.37. The molecular formula is C32H23N3OP+. The van der Waals surface area contributed by atoms with E-state index in [0.29, 0.717) is 0 Å². The number of aromatic nitrogens is 3. The number of para-hydroxylation sites is 1. The Morgan fingerprint density at radius 1 is 0.595 bits per heavy atom. The predicted molar refractivity (Wildman–Crippen MR) is 154 cm³/mol. The summed E-state index contributed by atoms with van der Waals surface area (Å²) in [5, 5.41) is 3.76. The van der Waals surface area contributed by atoms with Crippen LogP contribution in [0.5, 0.6) is 0 Å². The zero-order chi connectivity index (χ0) is 24.8. The second-order valence-corrected chi connectivity index (χ2v) is 11.9. The lowest BCUT2D eigenvalue weighted by Gasteiger charge is -2.20. The van der Waals surface area contributed by atoms with Crippen LogP contribution in [0.1, 0.15) is 0 Å². The van der Waals surface area contributed by atoms with Crippen LogP contribution in [0.15, 0.2) is 134 Å². The Bertz CT molecular complexity index is 1860. The lowest BCUT2D eigenvalue weighted by molar-refractivity contribution is 0.633. The molecule has 0 aliphatic heterocycles. The second kappa shape index (κ2) is 8.63. The van der Waals surface area contributed by atoms with E-state index >= 15 is 0 Å². The van der Waals surface area contributed by atoms with Crippen molar-refractivity contribution in [3.63, 3.8) is 0 Å². The van der Waals surface area contributed by atoms with Crippen LogP contribution in [-0.2, 0) is 0 Å². The molecular weight excluding hydrogens is 473 g/mol. The number of fused-ring (bicyclic) bond motifs is 5. The highest BCUT2D eigenvalue weighted by atomic mass is 31.2. The van der Waals surface area contributed by atoms with Crippen LogP contribution in [0.4, 0.5) is 0 Å². The van der Waals surface area contributed by atoms with Crippen molar-refractivity contribution < 1.29 is 4.89 Å². The molecule has 3 aromatic heterocycles. The third-order valence-electron chi connectivity index (χ3n) is 6.90. The minimum Gasteiger partial charge on any atom is -0.298 e. The van der Waals surface area contributed by atoms with Crippen molar-refractivity contribution in [3.05, 3.63) is 134 Å². The monoisotopic (exact) mass is 496 g/mol. The van der Waals surface area contributed by atoms with Gasteiger partial charge in [-0.15, -0.1) is 0 Å². The van der Waals surface area contributed by atoms with Crippen LogP contribution in [0.2, 0.25) is 0 Å². The number of imidazole rings is 1. The highest BCUT2D eigenvalue weighted by Crippen LogP contribution is 2.51. The fourth-order valence-corrected chi connectivity index (χ4v) is 7.87. The standard InChI is InChI=1S/C32H23N3OP/c36-37(24-13-3-1-4-14-24,25-15-5-2-6-16-25)26-17-11-12-23(22-26)30-32-31(27-18-7-8-19-28(27)33-30)34-29-20-9-10-21-35(29)32/h1-22,36H/q+1. The number of hydrogen-bond donors (Lipinski definition) is 1. The van der Waals surface area contributed by atoms with E-state index < -0.39 is 7.49 Å². The van der Waals surface area contributed by atoms with Gasteiger partial charge in [0.15, 0.2) is 0 Å². The van der Waals surface area contributed by atoms with Crippen molar-refractivity contribution >= 4 is 51.0 Å². The van der Waals surface area contributed by atoms with Crippen molar-refractivity contribution in [1.82, 2.24) is 14.4 Å². The summed E-state index contributed by atoms with van der Waals surface area (Å²) in [5.74, 6) is 0. The van der Waals surface area contributed by atoms with Gasteiger partial charge in [-0.1, -0.05) is 72.8 Å². The van der Waals surface area contributed by atoms with E-state index in [1.807, 2.05) is 115 Å². The summed E-state index contributed by atoms with van der Waals surface area (Å²) in [7, 11) is -2.87. The van der Waals surface area contributed by atoms with E-state index in [9.17, 15) is 4.89 Å². The summed E-state index contributed by atoms with van der Waals surface area (Å²) < 4.78 is 2.10. The quantitative estimate of drug-likeness (QED) is 0.309. The maximum Gasteiger partial charge on any atom is 0.238 e. The van der Waals surface area contributed by atoms with Gasteiger partial charge in [-0.2, -0.15) is 0 Å². The molecule has 0 atom stereocenters. The zero-order valence-corrected chi connectivity index (χ0v) is 20.8. The van der Waals surface area contributed by atoms with Crippen molar-refractivity contribution in [1.29, 1.82) is 0 Å². The molecule has 7 rings (SSSR count). The molecule has 0 aliphatic carbocycles. The minimum atomic E-state index is -2.87. The van der Waals surface area contributed by atoms with Gasteiger partial charge in [0.1, 0.15) is 27.1 Å². The van der Waals surface area contributed by atoms with Crippen molar-refractivity contribution in [3.8, 4) is 11.3 Å². The molecule has 0 amide bonds. The van der Waals surface area contributed by atoms with Gasteiger partial charge >= 0.3 is 0 Å². The smallest absolute Gasteiger partial charge is 0.238 e. The predicted octanol–water partition coefficient (Wildman–Crippen LogP) is 5.90. The number of benzene rings is 4. The summed E-state index contributed by atoms with van der Waals surface area (Å²) in [6, 6.07) is 42.4. The number of rotatable bonds is 4. The maximum atomic E-state index is 12.5. The van der Waals surface area contributed by atoms with Gasteiger partial charge in [0.2, 0.25) is 7.49 Å². The summed E-state index contributed by atoms with van der Waals surface area (Å²) in [6.45, 7) is 0. The highest BCUT2D eigenvalue weighted by Gasteiger charge is 2.44. The Labute approximate surface area is 214 Å². The average molecular weight is 497 g/mol. The van der Waals surface area contributed by atoms with Gasteiger partial charge in [0, 0.05) is 17.1 Å². The first-order valence-electron chi connectivity index (χ1n) is 12.2. The van der Waals surface area contributed by atoms with Crippen molar-refractivity contribution in [2.24, 2.45) is 0 Å².